The molecule has 1 amide bonds. The topological polar surface area (TPSA) is 110 Å². The van der Waals surface area contributed by atoms with Crippen LogP contribution < -0.4 is 5.32 Å². The molecule has 190 valence electrons. The second kappa shape index (κ2) is 21.9. The maximum Gasteiger partial charge on any atom is 0.249 e. The highest BCUT2D eigenvalue weighted by atomic mass is 16.3. The van der Waals surface area contributed by atoms with Crippen LogP contribution in [0.3, 0.4) is 0 Å². The lowest BCUT2D eigenvalue weighted by Gasteiger charge is -2.27. The Hall–Kier alpha value is -0.950. The Morgan fingerprint density at radius 3 is 1.88 bits per heavy atom. The van der Waals surface area contributed by atoms with Gasteiger partial charge in [-0.3, -0.25) is 4.79 Å². The van der Waals surface area contributed by atoms with E-state index in [9.17, 15) is 25.2 Å². The molecule has 4 atom stereocenters. The molecule has 0 saturated carbocycles. The predicted molar refractivity (Wildman–Crippen MR) is 131 cm³/mol. The van der Waals surface area contributed by atoms with Crippen molar-refractivity contribution in [2.45, 2.75) is 141 Å². The highest BCUT2D eigenvalue weighted by Crippen LogP contribution is 2.13. The van der Waals surface area contributed by atoms with Crippen LogP contribution in [0.25, 0.3) is 0 Å². The molecular weight excluding hydrogens is 406 g/mol. The zero-order chi connectivity index (χ0) is 24.0. The van der Waals surface area contributed by atoms with Gasteiger partial charge in [0, 0.05) is 0 Å². The predicted octanol–water partition coefficient (Wildman–Crippen LogP) is 4.38. The normalized spacial score (nSPS) is 15.6. The van der Waals surface area contributed by atoms with Crippen LogP contribution in [-0.2, 0) is 4.79 Å². The molecule has 0 spiro atoms. The lowest BCUT2D eigenvalue weighted by molar-refractivity contribution is -0.132. The summed E-state index contributed by atoms with van der Waals surface area (Å²) in [5, 5.41) is 42.6. The number of nitrogens with one attached hydrogen (secondary N) is 1. The number of hydrogen-bond donors (Lipinski definition) is 5. The van der Waals surface area contributed by atoms with Crippen molar-refractivity contribution in [3.05, 3.63) is 12.2 Å². The molecule has 0 aliphatic carbocycles. The molecule has 0 rings (SSSR count). The lowest BCUT2D eigenvalue weighted by atomic mass is 10.00. The Labute approximate surface area is 196 Å². The molecule has 0 heterocycles. The Morgan fingerprint density at radius 2 is 1.31 bits per heavy atom. The van der Waals surface area contributed by atoms with Gasteiger partial charge in [0.2, 0.25) is 5.91 Å². The average Bonchev–Trinajstić information content (AvgIpc) is 2.79. The number of carbonyl (C=O) groups is 1. The summed E-state index contributed by atoms with van der Waals surface area (Å²) < 4.78 is 0. The summed E-state index contributed by atoms with van der Waals surface area (Å²) in [4.78, 5) is 12.2. The molecule has 0 aliphatic rings. The Bertz CT molecular complexity index is 457. The molecule has 32 heavy (non-hydrogen) atoms. The molecule has 0 aromatic carbocycles. The zero-order valence-corrected chi connectivity index (χ0v) is 20.7. The van der Waals surface area contributed by atoms with Gasteiger partial charge in [-0.2, -0.15) is 0 Å². The highest BCUT2D eigenvalue weighted by molar-refractivity contribution is 5.80. The molecule has 0 fully saturated rings. The van der Waals surface area contributed by atoms with Gasteiger partial charge in [-0.25, -0.2) is 0 Å². The number of aliphatic hydroxyl groups excluding tert-OH is 4. The van der Waals surface area contributed by atoms with Crippen LogP contribution in [0.1, 0.15) is 117 Å². The number of aliphatic hydroxyl groups is 4. The molecular formula is C26H51NO5. The van der Waals surface area contributed by atoms with Gasteiger partial charge in [-0.05, 0) is 32.1 Å². The van der Waals surface area contributed by atoms with Gasteiger partial charge < -0.3 is 25.7 Å². The second-order valence-electron chi connectivity index (χ2n) is 9.03. The van der Waals surface area contributed by atoms with Gasteiger partial charge in [0.15, 0.2) is 0 Å². The van der Waals surface area contributed by atoms with Crippen molar-refractivity contribution in [1.82, 2.24) is 5.32 Å². The standard InChI is InChI=1S/C26H51NO5/c1-3-5-7-9-11-12-13-14-16-18-20-24(30)26(32)27-22(21-28)25(31)23(29)19-17-15-10-8-6-4-2/h8,10,22-25,28-31H,3-7,9,11-21H2,1-2H3,(H,27,32)/b10-8+. The summed E-state index contributed by atoms with van der Waals surface area (Å²) in [6.07, 6.45) is 16.9. The molecule has 0 aromatic rings. The fourth-order valence-corrected chi connectivity index (χ4v) is 3.76. The first-order valence-electron chi connectivity index (χ1n) is 13.1. The summed E-state index contributed by atoms with van der Waals surface area (Å²) in [6.45, 7) is 3.84. The Morgan fingerprint density at radius 1 is 0.750 bits per heavy atom. The highest BCUT2D eigenvalue weighted by Gasteiger charge is 2.28. The minimum absolute atomic E-state index is 0.364. The zero-order valence-electron chi connectivity index (χ0n) is 20.7. The van der Waals surface area contributed by atoms with E-state index in [4.69, 9.17) is 0 Å². The van der Waals surface area contributed by atoms with E-state index < -0.39 is 36.9 Å². The van der Waals surface area contributed by atoms with Crippen LogP contribution in [0.15, 0.2) is 12.2 Å². The van der Waals surface area contributed by atoms with Crippen molar-refractivity contribution in [2.75, 3.05) is 6.61 Å². The molecule has 4 unspecified atom stereocenters. The molecule has 0 aliphatic heterocycles. The first kappa shape index (κ1) is 31.0. The van der Waals surface area contributed by atoms with Crippen molar-refractivity contribution in [1.29, 1.82) is 0 Å². The van der Waals surface area contributed by atoms with Gasteiger partial charge in [0.05, 0.1) is 18.8 Å². The van der Waals surface area contributed by atoms with Crippen molar-refractivity contribution >= 4 is 5.91 Å². The van der Waals surface area contributed by atoms with E-state index in [1.54, 1.807) is 0 Å². The van der Waals surface area contributed by atoms with E-state index in [1.165, 1.54) is 44.9 Å². The van der Waals surface area contributed by atoms with Crippen molar-refractivity contribution in [3.8, 4) is 0 Å². The van der Waals surface area contributed by atoms with Crippen LogP contribution in [-0.4, -0.2) is 57.3 Å². The van der Waals surface area contributed by atoms with Gasteiger partial charge in [-0.15, -0.1) is 0 Å². The third-order valence-corrected chi connectivity index (χ3v) is 5.96. The minimum atomic E-state index is -1.27. The fourth-order valence-electron chi connectivity index (χ4n) is 3.76. The third-order valence-electron chi connectivity index (χ3n) is 5.96. The molecule has 0 saturated heterocycles. The van der Waals surface area contributed by atoms with Crippen molar-refractivity contribution in [2.24, 2.45) is 0 Å². The largest absolute Gasteiger partial charge is 0.394 e. The summed E-state index contributed by atoms with van der Waals surface area (Å²) in [7, 11) is 0. The summed E-state index contributed by atoms with van der Waals surface area (Å²) in [6, 6.07) is -0.990. The maximum absolute atomic E-state index is 12.2. The van der Waals surface area contributed by atoms with E-state index in [2.05, 4.69) is 31.3 Å². The number of unbranched alkanes of at least 4 members (excludes halogenated alkanes) is 11. The molecule has 0 aromatic heterocycles. The molecule has 5 N–H and O–H groups in total. The Balaban J connectivity index is 4.01. The van der Waals surface area contributed by atoms with E-state index in [1.807, 2.05) is 0 Å². The lowest BCUT2D eigenvalue weighted by Crippen LogP contribution is -2.53. The minimum Gasteiger partial charge on any atom is -0.394 e. The fraction of sp³-hybridized carbons (Fsp3) is 0.885. The first-order valence-corrected chi connectivity index (χ1v) is 13.1. The van der Waals surface area contributed by atoms with Gasteiger partial charge in [0.25, 0.3) is 0 Å². The van der Waals surface area contributed by atoms with E-state index in [-0.39, 0.29) is 0 Å². The number of hydrogen-bond acceptors (Lipinski definition) is 5. The monoisotopic (exact) mass is 457 g/mol. The molecule has 0 radical (unpaired) electrons. The van der Waals surface area contributed by atoms with Gasteiger partial charge >= 0.3 is 0 Å². The van der Waals surface area contributed by atoms with E-state index >= 15 is 0 Å². The third kappa shape index (κ3) is 16.7. The van der Waals surface area contributed by atoms with E-state index in [0.717, 1.165) is 38.5 Å². The summed E-state index contributed by atoms with van der Waals surface area (Å²) >= 11 is 0. The van der Waals surface area contributed by atoms with Crippen molar-refractivity contribution < 1.29 is 25.2 Å². The van der Waals surface area contributed by atoms with E-state index in [0.29, 0.717) is 19.3 Å². The average molecular weight is 458 g/mol. The van der Waals surface area contributed by atoms with Crippen molar-refractivity contribution in [3.63, 3.8) is 0 Å². The van der Waals surface area contributed by atoms with Crippen LogP contribution in [0.4, 0.5) is 0 Å². The number of carbonyl (C=O) groups excluding carboxylic acids is 1. The van der Waals surface area contributed by atoms with Crippen LogP contribution in [0, 0.1) is 0 Å². The summed E-state index contributed by atoms with van der Waals surface area (Å²) in [5.41, 5.74) is 0. The van der Waals surface area contributed by atoms with Crippen LogP contribution >= 0.6 is 0 Å². The quantitative estimate of drug-likeness (QED) is 0.122. The SMILES string of the molecule is CCC/C=C/CCCC(O)C(O)C(CO)NC(=O)C(O)CCCCCCCCCCCC. The van der Waals surface area contributed by atoms with Gasteiger partial charge in [-0.1, -0.05) is 96.6 Å². The number of allylic oxidation sites excluding steroid dienone is 2. The number of amides is 1. The molecule has 6 nitrogen and oxygen atoms in total. The smallest absolute Gasteiger partial charge is 0.249 e. The molecule has 0 bridgehead atoms. The maximum atomic E-state index is 12.2. The first-order chi connectivity index (χ1) is 15.5. The molecule has 6 heteroatoms. The number of rotatable bonds is 22. The van der Waals surface area contributed by atoms with Gasteiger partial charge in [0.1, 0.15) is 12.2 Å². The van der Waals surface area contributed by atoms with Crippen LogP contribution in [0.2, 0.25) is 0 Å². The second-order valence-corrected chi connectivity index (χ2v) is 9.03. The Kier molecular flexibility index (Phi) is 21.2. The summed E-state index contributed by atoms with van der Waals surface area (Å²) in [5.74, 6) is -0.603. The van der Waals surface area contributed by atoms with Crippen LogP contribution in [0.5, 0.6) is 0 Å².